The van der Waals surface area contributed by atoms with Gasteiger partial charge in [-0.15, -0.1) is 0 Å². The highest BCUT2D eigenvalue weighted by atomic mass is 15.2. The fraction of sp³-hybridized carbons (Fsp3) is 0.500. The Hall–Kier alpha value is -1.29. The average molecular weight is 192 g/mol. The molecule has 1 fully saturated rings. The number of anilines is 2. The smallest absolute Gasteiger partial charge is 0.123 e. The zero-order chi connectivity index (χ0) is 9.97. The van der Waals surface area contributed by atoms with E-state index in [2.05, 4.69) is 9.88 Å². The van der Waals surface area contributed by atoms with Crippen molar-refractivity contribution in [2.24, 2.45) is 5.73 Å². The Labute approximate surface area is 83.9 Å². The lowest BCUT2D eigenvalue weighted by atomic mass is 10.1. The monoisotopic (exact) mass is 192 g/mol. The average Bonchev–Trinajstić information content (AvgIpc) is 2.19. The van der Waals surface area contributed by atoms with E-state index in [0.717, 1.165) is 31.6 Å². The highest BCUT2D eigenvalue weighted by Gasteiger charge is 2.16. The second-order valence-corrected chi connectivity index (χ2v) is 3.79. The standard InChI is InChI=1S/C10H16N4/c11-8-2-1-5-14(7-8)9-3-4-10(12)13-6-9/h3-4,6,8H,1-2,5,7,11H2,(H2,12,13). The summed E-state index contributed by atoms with van der Waals surface area (Å²) in [7, 11) is 0. The van der Waals surface area contributed by atoms with E-state index in [1.54, 1.807) is 0 Å². The molecule has 0 amide bonds. The molecule has 0 aromatic carbocycles. The molecule has 0 aliphatic carbocycles. The molecular formula is C10H16N4. The molecule has 0 radical (unpaired) electrons. The van der Waals surface area contributed by atoms with Gasteiger partial charge in [0.1, 0.15) is 5.82 Å². The minimum absolute atomic E-state index is 0.293. The topological polar surface area (TPSA) is 68.2 Å². The lowest BCUT2D eigenvalue weighted by Crippen LogP contribution is -2.42. The van der Waals surface area contributed by atoms with Crippen molar-refractivity contribution in [2.75, 3.05) is 23.7 Å². The third kappa shape index (κ3) is 1.96. The number of aromatic nitrogens is 1. The molecular weight excluding hydrogens is 176 g/mol. The number of hydrogen-bond acceptors (Lipinski definition) is 4. The summed E-state index contributed by atoms with van der Waals surface area (Å²) in [5, 5.41) is 0. The normalized spacial score (nSPS) is 22.4. The van der Waals surface area contributed by atoms with Crippen LogP contribution < -0.4 is 16.4 Å². The molecule has 1 atom stereocenters. The summed E-state index contributed by atoms with van der Waals surface area (Å²) in [5.41, 5.74) is 12.6. The van der Waals surface area contributed by atoms with E-state index in [1.807, 2.05) is 18.3 Å². The van der Waals surface area contributed by atoms with Gasteiger partial charge in [0.15, 0.2) is 0 Å². The quantitative estimate of drug-likeness (QED) is 0.683. The Morgan fingerprint density at radius 3 is 2.93 bits per heavy atom. The summed E-state index contributed by atoms with van der Waals surface area (Å²) in [4.78, 5) is 6.34. The first-order chi connectivity index (χ1) is 6.75. The molecule has 2 heterocycles. The van der Waals surface area contributed by atoms with Crippen LogP contribution in [-0.4, -0.2) is 24.1 Å². The van der Waals surface area contributed by atoms with Gasteiger partial charge in [0, 0.05) is 19.1 Å². The number of nitrogens with two attached hydrogens (primary N) is 2. The molecule has 1 aromatic rings. The zero-order valence-electron chi connectivity index (χ0n) is 8.19. The first-order valence-electron chi connectivity index (χ1n) is 4.98. The molecule has 1 aliphatic heterocycles. The maximum atomic E-state index is 5.91. The Balaban J connectivity index is 2.10. The second-order valence-electron chi connectivity index (χ2n) is 3.79. The SMILES string of the molecule is Nc1ccc(N2CCCC(N)C2)cn1. The molecule has 1 saturated heterocycles. The Kier molecular flexibility index (Phi) is 2.54. The van der Waals surface area contributed by atoms with E-state index >= 15 is 0 Å². The highest BCUT2D eigenvalue weighted by Crippen LogP contribution is 2.18. The van der Waals surface area contributed by atoms with Gasteiger partial charge in [-0.25, -0.2) is 4.98 Å². The molecule has 4 nitrogen and oxygen atoms in total. The van der Waals surface area contributed by atoms with Crippen molar-refractivity contribution in [1.82, 2.24) is 4.98 Å². The van der Waals surface area contributed by atoms with Crippen LogP contribution in [0.15, 0.2) is 18.3 Å². The molecule has 1 aromatic heterocycles. The Bertz CT molecular complexity index is 295. The second kappa shape index (κ2) is 3.84. The van der Waals surface area contributed by atoms with Gasteiger partial charge in [-0.2, -0.15) is 0 Å². The molecule has 14 heavy (non-hydrogen) atoms. The first kappa shape index (κ1) is 9.27. The lowest BCUT2D eigenvalue weighted by Gasteiger charge is -2.32. The minimum atomic E-state index is 0.293. The van der Waals surface area contributed by atoms with Gasteiger partial charge in [-0.1, -0.05) is 0 Å². The van der Waals surface area contributed by atoms with Crippen molar-refractivity contribution in [3.8, 4) is 0 Å². The van der Waals surface area contributed by atoms with Crippen molar-refractivity contribution < 1.29 is 0 Å². The van der Waals surface area contributed by atoms with Gasteiger partial charge in [0.05, 0.1) is 11.9 Å². The van der Waals surface area contributed by atoms with Crippen LogP contribution >= 0.6 is 0 Å². The number of nitrogens with zero attached hydrogens (tertiary/aromatic N) is 2. The number of rotatable bonds is 1. The van der Waals surface area contributed by atoms with E-state index in [4.69, 9.17) is 11.5 Å². The van der Waals surface area contributed by atoms with Crippen molar-refractivity contribution in [3.05, 3.63) is 18.3 Å². The van der Waals surface area contributed by atoms with E-state index < -0.39 is 0 Å². The highest BCUT2D eigenvalue weighted by molar-refractivity contribution is 5.48. The minimum Gasteiger partial charge on any atom is -0.384 e. The zero-order valence-corrected chi connectivity index (χ0v) is 8.19. The molecule has 1 aliphatic rings. The predicted molar refractivity (Wildman–Crippen MR) is 58.1 cm³/mol. The molecule has 0 spiro atoms. The van der Waals surface area contributed by atoms with Crippen molar-refractivity contribution in [2.45, 2.75) is 18.9 Å². The molecule has 1 unspecified atom stereocenters. The van der Waals surface area contributed by atoms with Crippen LogP contribution in [0.1, 0.15) is 12.8 Å². The summed E-state index contributed by atoms with van der Waals surface area (Å²) in [6.45, 7) is 1.99. The van der Waals surface area contributed by atoms with Crippen LogP contribution in [-0.2, 0) is 0 Å². The van der Waals surface area contributed by atoms with Crippen LogP contribution in [0.5, 0.6) is 0 Å². The van der Waals surface area contributed by atoms with Gasteiger partial charge in [-0.3, -0.25) is 0 Å². The molecule has 0 bridgehead atoms. The molecule has 0 saturated carbocycles. The maximum absolute atomic E-state index is 5.91. The summed E-state index contributed by atoms with van der Waals surface area (Å²) in [5.74, 6) is 0.565. The molecule has 4 N–H and O–H groups in total. The van der Waals surface area contributed by atoms with Gasteiger partial charge in [0.25, 0.3) is 0 Å². The van der Waals surface area contributed by atoms with E-state index in [0.29, 0.717) is 11.9 Å². The third-order valence-electron chi connectivity index (χ3n) is 2.59. The van der Waals surface area contributed by atoms with Crippen molar-refractivity contribution in [3.63, 3.8) is 0 Å². The number of hydrogen-bond donors (Lipinski definition) is 2. The lowest BCUT2D eigenvalue weighted by molar-refractivity contribution is 0.506. The summed E-state index contributed by atoms with van der Waals surface area (Å²) >= 11 is 0. The fourth-order valence-corrected chi connectivity index (χ4v) is 1.83. The van der Waals surface area contributed by atoms with Crippen LogP contribution in [0.4, 0.5) is 11.5 Å². The van der Waals surface area contributed by atoms with Crippen LogP contribution in [0, 0.1) is 0 Å². The Morgan fingerprint density at radius 1 is 1.43 bits per heavy atom. The van der Waals surface area contributed by atoms with E-state index in [-0.39, 0.29) is 0 Å². The number of piperidine rings is 1. The first-order valence-corrected chi connectivity index (χ1v) is 4.98. The van der Waals surface area contributed by atoms with Crippen molar-refractivity contribution in [1.29, 1.82) is 0 Å². The summed E-state index contributed by atoms with van der Waals surface area (Å²) < 4.78 is 0. The van der Waals surface area contributed by atoms with E-state index in [1.165, 1.54) is 0 Å². The number of pyridine rings is 1. The molecule has 4 heteroatoms. The predicted octanol–water partition coefficient (Wildman–Crippen LogP) is 0.591. The largest absolute Gasteiger partial charge is 0.384 e. The van der Waals surface area contributed by atoms with Crippen LogP contribution in [0.3, 0.4) is 0 Å². The Morgan fingerprint density at radius 2 is 2.29 bits per heavy atom. The van der Waals surface area contributed by atoms with Gasteiger partial charge in [0.2, 0.25) is 0 Å². The third-order valence-corrected chi connectivity index (χ3v) is 2.59. The van der Waals surface area contributed by atoms with Gasteiger partial charge < -0.3 is 16.4 Å². The fourth-order valence-electron chi connectivity index (χ4n) is 1.83. The number of nitrogen functional groups attached to an aromatic ring is 1. The van der Waals surface area contributed by atoms with Crippen LogP contribution in [0.25, 0.3) is 0 Å². The maximum Gasteiger partial charge on any atom is 0.123 e. The summed E-state index contributed by atoms with van der Waals surface area (Å²) in [6, 6.07) is 4.12. The van der Waals surface area contributed by atoms with Crippen molar-refractivity contribution >= 4 is 11.5 Å². The molecule has 76 valence electrons. The van der Waals surface area contributed by atoms with Gasteiger partial charge >= 0.3 is 0 Å². The van der Waals surface area contributed by atoms with Crippen LogP contribution in [0.2, 0.25) is 0 Å². The van der Waals surface area contributed by atoms with Gasteiger partial charge in [-0.05, 0) is 25.0 Å². The summed E-state index contributed by atoms with van der Waals surface area (Å²) in [6.07, 6.45) is 4.10. The molecule has 2 rings (SSSR count). The van der Waals surface area contributed by atoms with E-state index in [9.17, 15) is 0 Å².